The molecule has 1 rings (SSSR count). The van der Waals surface area contributed by atoms with Crippen molar-refractivity contribution in [1.29, 1.82) is 5.41 Å². The second-order valence-corrected chi connectivity index (χ2v) is 5.01. The van der Waals surface area contributed by atoms with Gasteiger partial charge in [0.25, 0.3) is 0 Å². The van der Waals surface area contributed by atoms with Crippen molar-refractivity contribution < 1.29 is 0 Å². The van der Waals surface area contributed by atoms with E-state index in [-0.39, 0.29) is 5.41 Å². The average molecular weight is 208 g/mol. The van der Waals surface area contributed by atoms with Crippen LogP contribution in [0.15, 0.2) is 10.4 Å². The summed E-state index contributed by atoms with van der Waals surface area (Å²) in [6, 6.07) is 0. The SMILES string of the molecule is CC=Nc1scc(C(C)(C)C)c1C=N. The van der Waals surface area contributed by atoms with E-state index in [9.17, 15) is 0 Å². The summed E-state index contributed by atoms with van der Waals surface area (Å²) in [7, 11) is 0. The highest BCUT2D eigenvalue weighted by Gasteiger charge is 2.20. The predicted molar refractivity (Wildman–Crippen MR) is 64.7 cm³/mol. The van der Waals surface area contributed by atoms with Gasteiger partial charge in [-0.05, 0) is 23.3 Å². The lowest BCUT2D eigenvalue weighted by Gasteiger charge is -2.18. The minimum Gasteiger partial charge on any atom is -0.308 e. The first kappa shape index (κ1) is 11.1. The molecular weight excluding hydrogens is 192 g/mol. The Balaban J connectivity index is 3.27. The molecule has 1 aromatic heterocycles. The molecule has 0 fully saturated rings. The first-order chi connectivity index (χ1) is 6.50. The van der Waals surface area contributed by atoms with E-state index in [1.54, 1.807) is 17.6 Å². The van der Waals surface area contributed by atoms with Crippen LogP contribution in [0, 0.1) is 5.41 Å². The minimum atomic E-state index is 0.0882. The second-order valence-electron chi connectivity index (χ2n) is 4.15. The Bertz CT molecular complexity index is 356. The lowest BCUT2D eigenvalue weighted by atomic mass is 9.86. The molecule has 0 amide bonds. The van der Waals surface area contributed by atoms with E-state index in [0.717, 1.165) is 10.6 Å². The maximum Gasteiger partial charge on any atom is 0.124 e. The molecule has 0 unspecified atom stereocenters. The fraction of sp³-hybridized carbons (Fsp3) is 0.455. The first-order valence-corrected chi connectivity index (χ1v) is 5.49. The molecule has 1 aromatic rings. The van der Waals surface area contributed by atoms with E-state index in [1.807, 2.05) is 6.92 Å². The molecule has 3 heteroatoms. The zero-order valence-corrected chi connectivity index (χ0v) is 9.90. The molecule has 0 bridgehead atoms. The van der Waals surface area contributed by atoms with Crippen LogP contribution >= 0.6 is 11.3 Å². The molecule has 0 atom stereocenters. The summed E-state index contributed by atoms with van der Waals surface area (Å²) in [6.07, 6.45) is 3.17. The molecule has 1 N–H and O–H groups in total. The molecular formula is C11H16N2S. The maximum atomic E-state index is 7.41. The van der Waals surface area contributed by atoms with E-state index in [4.69, 9.17) is 5.41 Å². The highest BCUT2D eigenvalue weighted by Crippen LogP contribution is 2.36. The van der Waals surface area contributed by atoms with Gasteiger partial charge in [-0.15, -0.1) is 11.3 Å². The highest BCUT2D eigenvalue weighted by molar-refractivity contribution is 7.14. The standard InChI is InChI=1S/C11H16N2S/c1-5-13-10-8(6-12)9(7-14-10)11(2,3)4/h5-7,12H,1-4H3. The number of hydrogen-bond donors (Lipinski definition) is 1. The maximum absolute atomic E-state index is 7.41. The van der Waals surface area contributed by atoms with Gasteiger partial charge >= 0.3 is 0 Å². The Morgan fingerprint density at radius 3 is 2.50 bits per heavy atom. The Morgan fingerprint density at radius 2 is 2.07 bits per heavy atom. The highest BCUT2D eigenvalue weighted by atomic mass is 32.1. The largest absolute Gasteiger partial charge is 0.308 e. The van der Waals surface area contributed by atoms with Gasteiger partial charge < -0.3 is 5.41 Å². The Kier molecular flexibility index (Phi) is 3.21. The van der Waals surface area contributed by atoms with Gasteiger partial charge in [0.1, 0.15) is 5.00 Å². The number of aliphatic imine (C=N–C) groups is 1. The quantitative estimate of drug-likeness (QED) is 0.718. The molecule has 1 heterocycles. The lowest BCUT2D eigenvalue weighted by molar-refractivity contribution is 0.592. The molecule has 0 spiro atoms. The number of hydrogen-bond acceptors (Lipinski definition) is 3. The fourth-order valence-corrected chi connectivity index (χ4v) is 2.47. The minimum absolute atomic E-state index is 0.0882. The third kappa shape index (κ3) is 2.10. The third-order valence-corrected chi connectivity index (χ3v) is 2.91. The van der Waals surface area contributed by atoms with Gasteiger partial charge in [-0.25, -0.2) is 4.99 Å². The molecule has 0 aliphatic rings. The van der Waals surface area contributed by atoms with E-state index in [1.165, 1.54) is 11.8 Å². The van der Waals surface area contributed by atoms with Gasteiger partial charge in [0.05, 0.1) is 0 Å². The predicted octanol–water partition coefficient (Wildman–Crippen LogP) is 3.77. The third-order valence-electron chi connectivity index (χ3n) is 2.01. The van der Waals surface area contributed by atoms with Crippen LogP contribution in [-0.2, 0) is 5.41 Å². The summed E-state index contributed by atoms with van der Waals surface area (Å²) >= 11 is 1.60. The molecule has 0 aliphatic heterocycles. The van der Waals surface area contributed by atoms with Crippen LogP contribution in [0.25, 0.3) is 0 Å². The van der Waals surface area contributed by atoms with Gasteiger partial charge in [0, 0.05) is 18.0 Å². The van der Waals surface area contributed by atoms with Crippen molar-refractivity contribution >= 4 is 28.8 Å². The average Bonchev–Trinajstić information content (AvgIpc) is 2.47. The van der Waals surface area contributed by atoms with Crippen LogP contribution in [0.4, 0.5) is 5.00 Å². The van der Waals surface area contributed by atoms with E-state index in [0.29, 0.717) is 0 Å². The van der Waals surface area contributed by atoms with Gasteiger partial charge in [-0.2, -0.15) is 0 Å². The number of nitrogens with one attached hydrogen (secondary N) is 1. The summed E-state index contributed by atoms with van der Waals surface area (Å²) in [5.74, 6) is 0. The first-order valence-electron chi connectivity index (χ1n) is 4.62. The van der Waals surface area contributed by atoms with Crippen molar-refractivity contribution in [2.75, 3.05) is 0 Å². The Morgan fingerprint density at radius 1 is 1.43 bits per heavy atom. The summed E-state index contributed by atoms with van der Waals surface area (Å²) in [4.78, 5) is 4.25. The zero-order valence-electron chi connectivity index (χ0n) is 9.09. The van der Waals surface area contributed by atoms with E-state index in [2.05, 4.69) is 31.1 Å². The van der Waals surface area contributed by atoms with Crippen molar-refractivity contribution in [1.82, 2.24) is 0 Å². The van der Waals surface area contributed by atoms with E-state index < -0.39 is 0 Å². The molecule has 0 radical (unpaired) electrons. The number of rotatable bonds is 2. The topological polar surface area (TPSA) is 36.2 Å². The summed E-state index contributed by atoms with van der Waals surface area (Å²) < 4.78 is 0. The number of nitrogens with zero attached hydrogens (tertiary/aromatic N) is 1. The summed E-state index contributed by atoms with van der Waals surface area (Å²) in [5.41, 5.74) is 2.25. The van der Waals surface area contributed by atoms with Gasteiger partial charge in [0.15, 0.2) is 0 Å². The molecule has 0 saturated heterocycles. The van der Waals surface area contributed by atoms with Crippen LogP contribution in [0.2, 0.25) is 0 Å². The molecule has 2 nitrogen and oxygen atoms in total. The van der Waals surface area contributed by atoms with Crippen LogP contribution in [0.3, 0.4) is 0 Å². The van der Waals surface area contributed by atoms with Gasteiger partial charge in [-0.1, -0.05) is 20.8 Å². The van der Waals surface area contributed by atoms with Crippen LogP contribution < -0.4 is 0 Å². The molecule has 0 aromatic carbocycles. The fourth-order valence-electron chi connectivity index (χ4n) is 1.29. The number of thiophene rings is 1. The van der Waals surface area contributed by atoms with E-state index >= 15 is 0 Å². The monoisotopic (exact) mass is 208 g/mol. The van der Waals surface area contributed by atoms with Crippen LogP contribution in [0.5, 0.6) is 0 Å². The summed E-state index contributed by atoms with van der Waals surface area (Å²) in [6.45, 7) is 8.36. The summed E-state index contributed by atoms with van der Waals surface area (Å²) in [5, 5.41) is 10.4. The normalized spacial score (nSPS) is 12.3. The lowest BCUT2D eigenvalue weighted by Crippen LogP contribution is -2.11. The van der Waals surface area contributed by atoms with Crippen molar-refractivity contribution in [3.05, 3.63) is 16.5 Å². The molecule has 0 saturated carbocycles. The Hall–Kier alpha value is -0.960. The smallest absolute Gasteiger partial charge is 0.124 e. The van der Waals surface area contributed by atoms with Crippen molar-refractivity contribution in [2.45, 2.75) is 33.1 Å². The Labute approximate surface area is 89.2 Å². The molecule has 76 valence electrons. The van der Waals surface area contributed by atoms with Crippen LogP contribution in [-0.4, -0.2) is 12.4 Å². The molecule has 0 aliphatic carbocycles. The molecule has 14 heavy (non-hydrogen) atoms. The van der Waals surface area contributed by atoms with Gasteiger partial charge in [0.2, 0.25) is 0 Å². The van der Waals surface area contributed by atoms with Crippen molar-refractivity contribution in [3.8, 4) is 0 Å². The van der Waals surface area contributed by atoms with Crippen molar-refractivity contribution in [2.24, 2.45) is 4.99 Å². The van der Waals surface area contributed by atoms with Crippen LogP contribution in [0.1, 0.15) is 38.8 Å². The van der Waals surface area contributed by atoms with Gasteiger partial charge in [-0.3, -0.25) is 0 Å². The van der Waals surface area contributed by atoms with Crippen molar-refractivity contribution in [3.63, 3.8) is 0 Å². The second kappa shape index (κ2) is 4.05. The zero-order chi connectivity index (χ0) is 10.8.